The van der Waals surface area contributed by atoms with Gasteiger partial charge in [0.05, 0.1) is 34.2 Å². The van der Waals surface area contributed by atoms with E-state index in [1.165, 1.54) is 122 Å². The van der Waals surface area contributed by atoms with E-state index in [2.05, 4.69) is 72.4 Å². The Kier molecular flexibility index (Phi) is 16.6. The Morgan fingerprint density at radius 2 is 0.880 bits per heavy atom. The summed E-state index contributed by atoms with van der Waals surface area (Å²) in [4.78, 5) is 14.5. The van der Waals surface area contributed by atoms with Crippen molar-refractivity contribution >= 4 is 51.7 Å². The van der Waals surface area contributed by atoms with Gasteiger partial charge < -0.3 is 27.9 Å². The van der Waals surface area contributed by atoms with E-state index in [1.54, 1.807) is 0 Å². The molecule has 3 aromatic carbocycles. The Bertz CT molecular complexity index is 2880. The third kappa shape index (κ3) is 12.4. The van der Waals surface area contributed by atoms with E-state index in [0.717, 1.165) is 0 Å². The zero-order chi connectivity index (χ0) is 52.6. The first-order valence-electron chi connectivity index (χ1n) is 27.3. The third-order valence-corrected chi connectivity index (χ3v) is 15.0. The second-order valence-corrected chi connectivity index (χ2v) is 21.5. The number of azo groups is 3. The maximum absolute atomic E-state index is 9.11. The molecule has 0 aliphatic heterocycles. The Labute approximate surface area is 440 Å². The number of hydrogen-bond donors (Lipinski definition) is 5. The molecule has 392 valence electrons. The summed E-state index contributed by atoms with van der Waals surface area (Å²) in [5.41, 5.74) is 29.0. The Morgan fingerprint density at radius 3 is 1.23 bits per heavy atom. The maximum Gasteiger partial charge on any atom is 0.259 e. The lowest BCUT2D eigenvalue weighted by Gasteiger charge is -2.21. The molecule has 0 atom stereocenters. The van der Waals surface area contributed by atoms with E-state index in [0.29, 0.717) is 57.6 Å². The molecule has 6 aromatic rings. The van der Waals surface area contributed by atoms with E-state index < -0.39 is 0 Å². The predicted molar refractivity (Wildman–Crippen MR) is 298 cm³/mol. The predicted octanol–water partition coefficient (Wildman–Crippen LogP) is 15.6. The highest BCUT2D eigenvalue weighted by atomic mass is 15.5. The van der Waals surface area contributed by atoms with Crippen LogP contribution >= 0.6 is 0 Å². The molecule has 0 bridgehead atoms. The monoisotopic (exact) mass is 1010 g/mol. The minimum Gasteiger partial charge on any atom is -0.383 e. The van der Waals surface area contributed by atoms with Gasteiger partial charge in [0.1, 0.15) is 11.5 Å². The zero-order valence-corrected chi connectivity index (χ0v) is 44.5. The van der Waals surface area contributed by atoms with Crippen LogP contribution in [0.5, 0.6) is 0 Å². The Hall–Kier alpha value is -7.50. The summed E-state index contributed by atoms with van der Waals surface area (Å²) in [6, 6.07) is 24.8. The van der Waals surface area contributed by atoms with Gasteiger partial charge in [0.25, 0.3) is 11.9 Å². The molecular formula is C57H74N18. The number of anilines is 3. The second kappa shape index (κ2) is 23.8. The number of nitrogens with zero attached hydrogens (tertiary/aromatic N) is 13. The normalized spacial score (nSPS) is 16.9. The van der Waals surface area contributed by atoms with Crippen LogP contribution in [0.15, 0.2) is 115 Å². The molecule has 18 nitrogen and oxygen atoms in total. The van der Waals surface area contributed by atoms with Crippen LogP contribution in [-0.4, -0.2) is 40.2 Å². The summed E-state index contributed by atoms with van der Waals surface area (Å²) in [5.74, 6) is 1.51. The molecule has 0 spiro atoms. The van der Waals surface area contributed by atoms with Crippen LogP contribution in [0, 0.1) is 11.3 Å². The molecule has 3 aliphatic carbocycles. The van der Waals surface area contributed by atoms with E-state index in [-0.39, 0.29) is 64.5 Å². The highest BCUT2D eigenvalue weighted by Gasteiger charge is 2.27. The molecule has 75 heavy (non-hydrogen) atoms. The van der Waals surface area contributed by atoms with Crippen LogP contribution in [0.1, 0.15) is 196 Å². The van der Waals surface area contributed by atoms with Crippen molar-refractivity contribution in [2.45, 2.75) is 167 Å². The fraction of sp³-hybridized carbons (Fsp3) is 0.474. The van der Waals surface area contributed by atoms with Crippen molar-refractivity contribution in [3.05, 3.63) is 112 Å². The van der Waals surface area contributed by atoms with Crippen LogP contribution in [0.4, 0.5) is 46.0 Å². The molecule has 3 heterocycles. The molecule has 0 radical (unpaired) electrons. The summed E-state index contributed by atoms with van der Waals surface area (Å²) in [6.45, 7) is 11.8. The molecule has 0 amide bonds. The van der Waals surface area contributed by atoms with Gasteiger partial charge in [0.2, 0.25) is 5.95 Å². The van der Waals surface area contributed by atoms with Crippen LogP contribution in [-0.2, 0) is 0 Å². The van der Waals surface area contributed by atoms with Gasteiger partial charge in [-0.1, -0.05) is 136 Å². The molecule has 18 heteroatoms. The van der Waals surface area contributed by atoms with E-state index in [4.69, 9.17) is 47.8 Å². The van der Waals surface area contributed by atoms with Gasteiger partial charge in [-0.3, -0.25) is 0 Å². The van der Waals surface area contributed by atoms with Gasteiger partial charge in [0, 0.05) is 0 Å². The first kappa shape index (κ1) is 52.4. The standard InChI is InChI=1S/C57H74N18/c1-34(2)46(58)49(69-66-43-28-22-40(23-29-43)37-16-10-7-11-17-37)52(59)62-55-63-56(74-53(60)50(47(72-74)35(3)4)70-67-44-30-24-41(25-31-44)38-18-12-8-13-19-38)65-57(64-55)75-54(61)51(48(73-75)36(5)6)71-68-45-32-26-42(27-33-45)39-20-14-9-15-21-39/h22-39,58H,7-21,59-61H2,1-6H3,(H,62,63,64,65)/b52-49+,58-46?,69-66+,70-67+,71-68+. The number of nitrogen functional groups attached to an aromatic ring is 2. The van der Waals surface area contributed by atoms with Crippen molar-refractivity contribution in [3.63, 3.8) is 0 Å². The Morgan fingerprint density at radius 1 is 0.520 bits per heavy atom. The number of nitrogens with one attached hydrogen (secondary N) is 2. The van der Waals surface area contributed by atoms with Crippen molar-refractivity contribution in [2.75, 3.05) is 16.8 Å². The largest absolute Gasteiger partial charge is 0.383 e. The number of nitrogens with two attached hydrogens (primary N) is 3. The minimum atomic E-state index is -0.251. The molecule has 3 saturated carbocycles. The fourth-order valence-electron chi connectivity index (χ4n) is 10.5. The van der Waals surface area contributed by atoms with E-state index >= 15 is 0 Å². The van der Waals surface area contributed by atoms with Crippen molar-refractivity contribution in [3.8, 4) is 11.9 Å². The second-order valence-electron chi connectivity index (χ2n) is 21.5. The summed E-state index contributed by atoms with van der Waals surface area (Å²) in [7, 11) is 0. The quantitative estimate of drug-likeness (QED) is 0.0429. The van der Waals surface area contributed by atoms with Gasteiger partial charge >= 0.3 is 0 Å². The smallest absolute Gasteiger partial charge is 0.259 e. The van der Waals surface area contributed by atoms with Crippen LogP contribution in [0.25, 0.3) is 11.9 Å². The van der Waals surface area contributed by atoms with Crippen molar-refractivity contribution in [1.82, 2.24) is 34.5 Å². The maximum atomic E-state index is 9.11. The highest BCUT2D eigenvalue weighted by molar-refractivity contribution is 5.99. The van der Waals surface area contributed by atoms with Gasteiger partial charge in [-0.15, -0.1) is 15.3 Å². The van der Waals surface area contributed by atoms with Gasteiger partial charge in [-0.25, -0.2) is 0 Å². The molecule has 3 fully saturated rings. The number of rotatable bonds is 17. The molecule has 0 unspecified atom stereocenters. The average molecular weight is 1010 g/mol. The number of hydrogen-bond acceptors (Lipinski definition) is 16. The summed E-state index contributed by atoms with van der Waals surface area (Å²) in [6.07, 6.45) is 18.7. The summed E-state index contributed by atoms with van der Waals surface area (Å²) < 4.78 is 2.81. The first-order valence-corrected chi connectivity index (χ1v) is 27.3. The number of benzene rings is 3. The number of aromatic nitrogens is 7. The van der Waals surface area contributed by atoms with Crippen LogP contribution in [0.3, 0.4) is 0 Å². The number of allylic oxidation sites excluding steroid dienone is 1. The van der Waals surface area contributed by atoms with E-state index in [1.807, 2.05) is 77.9 Å². The molecule has 8 N–H and O–H groups in total. The summed E-state index contributed by atoms with van der Waals surface area (Å²) in [5, 5.41) is 49.8. The minimum absolute atomic E-state index is 0.00961. The molecule has 9 rings (SSSR count). The van der Waals surface area contributed by atoms with Crippen LogP contribution < -0.4 is 22.5 Å². The lowest BCUT2D eigenvalue weighted by Crippen LogP contribution is -2.22. The zero-order valence-electron chi connectivity index (χ0n) is 44.5. The molecular weight excluding hydrogens is 937 g/mol. The van der Waals surface area contributed by atoms with E-state index in [9.17, 15) is 0 Å². The third-order valence-electron chi connectivity index (χ3n) is 15.0. The topological polar surface area (TPSA) is 262 Å². The average Bonchev–Trinajstić information content (AvgIpc) is 3.96. The van der Waals surface area contributed by atoms with Crippen molar-refractivity contribution < 1.29 is 0 Å². The van der Waals surface area contributed by atoms with Crippen molar-refractivity contribution in [2.24, 2.45) is 42.3 Å². The lowest BCUT2D eigenvalue weighted by atomic mass is 9.84. The fourth-order valence-corrected chi connectivity index (χ4v) is 10.5. The van der Waals surface area contributed by atoms with Gasteiger partial charge in [-0.2, -0.15) is 49.9 Å². The van der Waals surface area contributed by atoms with Crippen LogP contribution in [0.2, 0.25) is 0 Å². The Balaban J connectivity index is 1.09. The summed E-state index contributed by atoms with van der Waals surface area (Å²) >= 11 is 0. The van der Waals surface area contributed by atoms with Gasteiger partial charge in [-0.05, 0) is 127 Å². The van der Waals surface area contributed by atoms with Gasteiger partial charge in [0.15, 0.2) is 23.0 Å². The highest BCUT2D eigenvalue weighted by Crippen LogP contribution is 2.40. The molecule has 3 aliphatic rings. The molecule has 0 saturated heterocycles. The first-order chi connectivity index (χ1) is 36.3. The molecule has 3 aromatic heterocycles. The van der Waals surface area contributed by atoms with Crippen molar-refractivity contribution in [1.29, 1.82) is 5.41 Å². The SMILES string of the molecule is CC(C)C(=N)C(/N=N/c1ccc(C2CCCCC2)cc1)=C(/N)Nc1nc(-n2nc(C(C)C)c(/N=N/c3ccc(C4CCCCC4)cc3)c2N)nc(-n2nc(C(C)C)c(/N=N/c3ccc(C4CCCCC4)cc3)c2N)n1. The lowest BCUT2D eigenvalue weighted by molar-refractivity contribution is 0.443.